The van der Waals surface area contributed by atoms with E-state index < -0.39 is 14.6 Å². The van der Waals surface area contributed by atoms with Gasteiger partial charge in [0.15, 0.2) is 9.84 Å². The lowest BCUT2D eigenvalue weighted by molar-refractivity contribution is 0.140. The molecule has 0 radical (unpaired) electrons. The van der Waals surface area contributed by atoms with Crippen molar-refractivity contribution in [2.75, 3.05) is 25.9 Å². The van der Waals surface area contributed by atoms with Crippen LogP contribution in [0.5, 0.6) is 0 Å². The Kier molecular flexibility index (Phi) is 5.83. The van der Waals surface area contributed by atoms with E-state index in [1.165, 1.54) is 19.3 Å². The van der Waals surface area contributed by atoms with Crippen LogP contribution in [-0.2, 0) is 9.84 Å². The summed E-state index contributed by atoms with van der Waals surface area (Å²) in [6.07, 6.45) is 4.81. The summed E-state index contributed by atoms with van der Waals surface area (Å²) < 4.78 is 23.6. The van der Waals surface area contributed by atoms with Crippen molar-refractivity contribution in [1.29, 1.82) is 0 Å². The minimum atomic E-state index is -3.03. The van der Waals surface area contributed by atoms with E-state index in [1.54, 1.807) is 20.8 Å². The lowest BCUT2D eigenvalue weighted by Gasteiger charge is -2.37. The van der Waals surface area contributed by atoms with Crippen LogP contribution in [0.3, 0.4) is 0 Å². The van der Waals surface area contributed by atoms with Crippen molar-refractivity contribution in [1.82, 2.24) is 4.90 Å². The molecule has 5 heteroatoms. The van der Waals surface area contributed by atoms with Crippen LogP contribution in [0.15, 0.2) is 0 Å². The molecular formula is C14H30N2O2S. The van der Waals surface area contributed by atoms with E-state index in [0.717, 1.165) is 6.42 Å². The van der Waals surface area contributed by atoms with Crippen molar-refractivity contribution in [2.24, 2.45) is 11.7 Å². The first-order valence-corrected chi connectivity index (χ1v) is 8.97. The first-order valence-electron chi connectivity index (χ1n) is 7.31. The van der Waals surface area contributed by atoms with Gasteiger partial charge >= 0.3 is 0 Å². The molecule has 0 aliphatic heterocycles. The van der Waals surface area contributed by atoms with Gasteiger partial charge in [-0.05, 0) is 53.1 Å². The first-order chi connectivity index (χ1) is 8.69. The van der Waals surface area contributed by atoms with Crippen LogP contribution in [0.4, 0.5) is 0 Å². The molecule has 0 heterocycles. The fourth-order valence-corrected chi connectivity index (χ4v) is 3.92. The highest BCUT2D eigenvalue weighted by Gasteiger charge is 2.31. The van der Waals surface area contributed by atoms with E-state index in [-0.39, 0.29) is 5.75 Å². The second-order valence-electron chi connectivity index (χ2n) is 6.76. The lowest BCUT2D eigenvalue weighted by Crippen LogP contribution is -2.45. The Morgan fingerprint density at radius 2 is 1.79 bits per heavy atom. The van der Waals surface area contributed by atoms with E-state index >= 15 is 0 Å². The van der Waals surface area contributed by atoms with Gasteiger partial charge in [-0.2, -0.15) is 0 Å². The first kappa shape index (κ1) is 16.9. The lowest BCUT2D eigenvalue weighted by atomic mass is 9.84. The van der Waals surface area contributed by atoms with Gasteiger partial charge in [0.05, 0.1) is 10.5 Å². The van der Waals surface area contributed by atoms with Gasteiger partial charge in [-0.1, -0.05) is 12.8 Å². The van der Waals surface area contributed by atoms with E-state index in [1.807, 2.05) is 7.05 Å². The van der Waals surface area contributed by atoms with E-state index in [0.29, 0.717) is 25.0 Å². The van der Waals surface area contributed by atoms with E-state index in [2.05, 4.69) is 4.90 Å². The Balaban J connectivity index is 2.57. The summed E-state index contributed by atoms with van der Waals surface area (Å²) in [5.41, 5.74) is 5.84. The smallest absolute Gasteiger partial charge is 0.156 e. The van der Waals surface area contributed by atoms with Crippen LogP contribution < -0.4 is 5.73 Å². The SMILES string of the molecule is CN(CCS(=O)(=O)C(C)(C)C)C1CCCCC1CN. The zero-order valence-corrected chi connectivity index (χ0v) is 13.7. The predicted molar refractivity (Wildman–Crippen MR) is 81.0 cm³/mol. The maximum absolute atomic E-state index is 12.1. The van der Waals surface area contributed by atoms with Gasteiger partial charge in [-0.15, -0.1) is 0 Å². The Bertz CT molecular complexity index is 373. The summed E-state index contributed by atoms with van der Waals surface area (Å²) in [5, 5.41) is 0. The minimum Gasteiger partial charge on any atom is -0.330 e. The molecule has 1 saturated carbocycles. The maximum atomic E-state index is 12.1. The Hall–Kier alpha value is -0.130. The minimum absolute atomic E-state index is 0.237. The largest absolute Gasteiger partial charge is 0.330 e. The van der Waals surface area contributed by atoms with Gasteiger partial charge in [0, 0.05) is 12.6 Å². The molecule has 0 saturated heterocycles. The van der Waals surface area contributed by atoms with E-state index in [4.69, 9.17) is 5.73 Å². The molecule has 0 aromatic rings. The van der Waals surface area contributed by atoms with Gasteiger partial charge < -0.3 is 10.6 Å². The molecule has 0 spiro atoms. The third kappa shape index (κ3) is 4.43. The normalized spacial score (nSPS) is 25.8. The van der Waals surface area contributed by atoms with Crippen molar-refractivity contribution < 1.29 is 8.42 Å². The number of hydrogen-bond donors (Lipinski definition) is 1. The van der Waals surface area contributed by atoms with Crippen molar-refractivity contribution in [2.45, 2.75) is 57.2 Å². The molecule has 114 valence electrons. The second kappa shape index (κ2) is 6.55. The second-order valence-corrected chi connectivity index (χ2v) is 9.62. The monoisotopic (exact) mass is 290 g/mol. The molecule has 0 amide bonds. The van der Waals surface area contributed by atoms with Gasteiger partial charge in [0.2, 0.25) is 0 Å². The zero-order chi connectivity index (χ0) is 14.7. The fourth-order valence-electron chi connectivity index (χ4n) is 2.78. The van der Waals surface area contributed by atoms with Crippen LogP contribution in [-0.4, -0.2) is 50.0 Å². The highest BCUT2D eigenvalue weighted by molar-refractivity contribution is 7.92. The number of sulfone groups is 1. The topological polar surface area (TPSA) is 63.4 Å². The molecule has 2 atom stereocenters. The van der Waals surface area contributed by atoms with Crippen molar-refractivity contribution in [3.05, 3.63) is 0 Å². The third-order valence-electron chi connectivity index (χ3n) is 4.38. The Morgan fingerprint density at radius 3 is 2.32 bits per heavy atom. The van der Waals surface area contributed by atoms with Crippen molar-refractivity contribution in [3.63, 3.8) is 0 Å². The molecule has 1 aliphatic carbocycles. The molecular weight excluding hydrogens is 260 g/mol. The highest BCUT2D eigenvalue weighted by Crippen LogP contribution is 2.27. The molecule has 1 rings (SSSR count). The van der Waals surface area contributed by atoms with Crippen LogP contribution in [0.1, 0.15) is 46.5 Å². The highest BCUT2D eigenvalue weighted by atomic mass is 32.2. The van der Waals surface area contributed by atoms with Crippen LogP contribution in [0, 0.1) is 5.92 Å². The molecule has 2 N–H and O–H groups in total. The maximum Gasteiger partial charge on any atom is 0.156 e. The summed E-state index contributed by atoms with van der Waals surface area (Å²) in [6.45, 7) is 6.63. The molecule has 0 bridgehead atoms. The Morgan fingerprint density at radius 1 is 1.21 bits per heavy atom. The van der Waals surface area contributed by atoms with Gasteiger partial charge in [0.1, 0.15) is 0 Å². The number of nitrogens with zero attached hydrogens (tertiary/aromatic N) is 1. The molecule has 1 aliphatic rings. The standard InChI is InChI=1S/C14H30N2O2S/c1-14(2,3)19(17,18)10-9-16(4)13-8-6-5-7-12(13)11-15/h12-13H,5-11,15H2,1-4H3. The summed E-state index contributed by atoms with van der Waals surface area (Å²) in [6, 6.07) is 0.453. The predicted octanol–water partition coefficient (Wildman–Crippen LogP) is 1.65. The summed E-state index contributed by atoms with van der Waals surface area (Å²) in [4.78, 5) is 2.21. The quantitative estimate of drug-likeness (QED) is 0.836. The van der Waals surface area contributed by atoms with Crippen LogP contribution in [0.2, 0.25) is 0 Å². The molecule has 0 aromatic heterocycles. The summed E-state index contributed by atoms with van der Waals surface area (Å²) >= 11 is 0. The summed E-state index contributed by atoms with van der Waals surface area (Å²) in [7, 11) is -0.990. The fraction of sp³-hybridized carbons (Fsp3) is 1.00. The van der Waals surface area contributed by atoms with E-state index in [9.17, 15) is 8.42 Å². The number of hydrogen-bond acceptors (Lipinski definition) is 4. The molecule has 0 aromatic carbocycles. The molecule has 4 nitrogen and oxygen atoms in total. The summed E-state index contributed by atoms with van der Waals surface area (Å²) in [5.74, 6) is 0.761. The third-order valence-corrected chi connectivity index (χ3v) is 6.97. The molecule has 2 unspecified atom stereocenters. The number of rotatable bonds is 5. The molecule has 19 heavy (non-hydrogen) atoms. The molecule has 1 fully saturated rings. The average molecular weight is 290 g/mol. The zero-order valence-electron chi connectivity index (χ0n) is 12.9. The Labute approximate surface area is 118 Å². The van der Waals surface area contributed by atoms with Crippen molar-refractivity contribution >= 4 is 9.84 Å². The van der Waals surface area contributed by atoms with Crippen LogP contribution in [0.25, 0.3) is 0 Å². The number of nitrogens with two attached hydrogens (primary N) is 1. The van der Waals surface area contributed by atoms with Crippen molar-refractivity contribution in [3.8, 4) is 0 Å². The van der Waals surface area contributed by atoms with Gasteiger partial charge in [-0.25, -0.2) is 8.42 Å². The van der Waals surface area contributed by atoms with Crippen LogP contribution >= 0.6 is 0 Å². The van der Waals surface area contributed by atoms with Gasteiger partial charge in [-0.3, -0.25) is 0 Å². The average Bonchev–Trinajstić information content (AvgIpc) is 2.34. The van der Waals surface area contributed by atoms with Gasteiger partial charge in [0.25, 0.3) is 0 Å².